The van der Waals surface area contributed by atoms with E-state index >= 15 is 0 Å². The second kappa shape index (κ2) is 6.57. The quantitative estimate of drug-likeness (QED) is 0.904. The molecule has 0 heterocycles. The van der Waals surface area contributed by atoms with Crippen molar-refractivity contribution >= 4 is 23.5 Å². The van der Waals surface area contributed by atoms with Crippen molar-refractivity contribution < 1.29 is 14.7 Å². The van der Waals surface area contributed by atoms with E-state index in [9.17, 15) is 9.59 Å². The van der Waals surface area contributed by atoms with Gasteiger partial charge in [0.15, 0.2) is 0 Å². The van der Waals surface area contributed by atoms with E-state index in [0.717, 1.165) is 5.56 Å². The van der Waals surface area contributed by atoms with E-state index in [0.29, 0.717) is 11.6 Å². The van der Waals surface area contributed by atoms with E-state index in [1.165, 1.54) is 4.90 Å². The van der Waals surface area contributed by atoms with Crippen LogP contribution in [0, 0.1) is 11.8 Å². The highest BCUT2D eigenvalue weighted by Crippen LogP contribution is 2.16. The number of carbonyl (C=O) groups is 2. The SMILES string of the molecule is CC(C(=O)O)C(C)C(=O)N(C)Cc1ccc(Cl)cc1. The van der Waals surface area contributed by atoms with Crippen molar-refractivity contribution in [1.29, 1.82) is 0 Å². The monoisotopic (exact) mass is 283 g/mol. The lowest BCUT2D eigenvalue weighted by molar-refractivity contribution is -0.148. The fourth-order valence-electron chi connectivity index (χ4n) is 1.72. The molecule has 1 N–H and O–H groups in total. The van der Waals surface area contributed by atoms with Gasteiger partial charge in [0.1, 0.15) is 0 Å². The highest BCUT2D eigenvalue weighted by atomic mass is 35.5. The molecule has 1 aromatic carbocycles. The third kappa shape index (κ3) is 4.24. The molecule has 0 saturated heterocycles. The summed E-state index contributed by atoms with van der Waals surface area (Å²) in [5, 5.41) is 9.56. The van der Waals surface area contributed by atoms with Crippen LogP contribution in [0.4, 0.5) is 0 Å². The highest BCUT2D eigenvalue weighted by molar-refractivity contribution is 6.30. The van der Waals surface area contributed by atoms with Crippen molar-refractivity contribution in [2.45, 2.75) is 20.4 Å². The molecule has 0 aliphatic carbocycles. The van der Waals surface area contributed by atoms with Crippen molar-refractivity contribution in [1.82, 2.24) is 4.90 Å². The average Bonchev–Trinajstić information content (AvgIpc) is 2.38. The normalized spacial score (nSPS) is 13.7. The summed E-state index contributed by atoms with van der Waals surface area (Å²) in [6, 6.07) is 7.21. The van der Waals surface area contributed by atoms with Gasteiger partial charge in [-0.25, -0.2) is 0 Å². The van der Waals surface area contributed by atoms with E-state index in [1.807, 2.05) is 12.1 Å². The molecule has 0 saturated carbocycles. The Morgan fingerprint density at radius 1 is 1.21 bits per heavy atom. The van der Waals surface area contributed by atoms with Crippen LogP contribution in [0.3, 0.4) is 0 Å². The van der Waals surface area contributed by atoms with Gasteiger partial charge in [-0.15, -0.1) is 0 Å². The van der Waals surface area contributed by atoms with Crippen molar-refractivity contribution in [3.05, 3.63) is 34.9 Å². The zero-order valence-corrected chi connectivity index (χ0v) is 12.0. The van der Waals surface area contributed by atoms with Gasteiger partial charge in [0.05, 0.1) is 5.92 Å². The number of carboxylic acid groups (broad SMARTS) is 1. The van der Waals surface area contributed by atoms with Gasteiger partial charge in [-0.05, 0) is 17.7 Å². The van der Waals surface area contributed by atoms with Crippen LogP contribution in [-0.4, -0.2) is 28.9 Å². The summed E-state index contributed by atoms with van der Waals surface area (Å²) in [7, 11) is 1.67. The van der Waals surface area contributed by atoms with Crippen LogP contribution in [0.2, 0.25) is 5.02 Å². The first-order valence-corrected chi connectivity index (χ1v) is 6.43. The molecule has 0 radical (unpaired) electrons. The minimum atomic E-state index is -0.958. The van der Waals surface area contributed by atoms with E-state index in [4.69, 9.17) is 16.7 Å². The second-order valence-electron chi connectivity index (χ2n) is 4.74. The van der Waals surface area contributed by atoms with Crippen molar-refractivity contribution in [2.75, 3.05) is 7.05 Å². The van der Waals surface area contributed by atoms with Gasteiger partial charge >= 0.3 is 5.97 Å². The Morgan fingerprint density at radius 3 is 2.21 bits per heavy atom. The topological polar surface area (TPSA) is 57.6 Å². The standard InChI is InChI=1S/C14H18ClNO3/c1-9(10(2)14(18)19)13(17)16(3)8-11-4-6-12(15)7-5-11/h4-7,9-10H,8H2,1-3H3,(H,18,19). The van der Waals surface area contributed by atoms with Gasteiger partial charge in [-0.2, -0.15) is 0 Å². The summed E-state index contributed by atoms with van der Waals surface area (Å²) in [6.07, 6.45) is 0. The van der Waals surface area contributed by atoms with E-state index in [2.05, 4.69) is 0 Å². The molecule has 4 nitrogen and oxygen atoms in total. The Morgan fingerprint density at radius 2 is 1.74 bits per heavy atom. The number of benzene rings is 1. The lowest BCUT2D eigenvalue weighted by Crippen LogP contribution is -2.36. The summed E-state index contributed by atoms with van der Waals surface area (Å²) in [5.41, 5.74) is 0.954. The van der Waals surface area contributed by atoms with Crippen LogP contribution in [0.5, 0.6) is 0 Å². The molecule has 0 aromatic heterocycles. The molecule has 5 heteroatoms. The van der Waals surface area contributed by atoms with E-state index in [1.54, 1.807) is 33.0 Å². The number of nitrogens with zero attached hydrogens (tertiary/aromatic N) is 1. The molecule has 0 aliphatic heterocycles. The molecule has 1 amide bonds. The number of hydrogen-bond acceptors (Lipinski definition) is 2. The fourth-order valence-corrected chi connectivity index (χ4v) is 1.84. The van der Waals surface area contributed by atoms with Gasteiger partial charge in [0.2, 0.25) is 5.91 Å². The second-order valence-corrected chi connectivity index (χ2v) is 5.17. The zero-order valence-electron chi connectivity index (χ0n) is 11.3. The number of carbonyl (C=O) groups excluding carboxylic acids is 1. The average molecular weight is 284 g/mol. The molecule has 2 unspecified atom stereocenters. The van der Waals surface area contributed by atoms with Crippen molar-refractivity contribution in [3.63, 3.8) is 0 Å². The Labute approximate surface area is 118 Å². The van der Waals surface area contributed by atoms with Crippen LogP contribution in [0.15, 0.2) is 24.3 Å². The number of rotatable bonds is 5. The minimum Gasteiger partial charge on any atom is -0.481 e. The molecule has 104 valence electrons. The van der Waals surface area contributed by atoms with E-state index < -0.39 is 17.8 Å². The number of amides is 1. The zero-order chi connectivity index (χ0) is 14.6. The third-order valence-electron chi connectivity index (χ3n) is 3.24. The molecule has 0 spiro atoms. The largest absolute Gasteiger partial charge is 0.481 e. The number of hydrogen-bond donors (Lipinski definition) is 1. The Balaban J connectivity index is 2.67. The molecule has 19 heavy (non-hydrogen) atoms. The summed E-state index contributed by atoms with van der Waals surface area (Å²) in [5.74, 6) is -2.37. The van der Waals surface area contributed by atoms with E-state index in [-0.39, 0.29) is 5.91 Å². The smallest absolute Gasteiger partial charge is 0.307 e. The highest BCUT2D eigenvalue weighted by Gasteiger charge is 2.27. The maximum Gasteiger partial charge on any atom is 0.307 e. The van der Waals surface area contributed by atoms with Gasteiger partial charge < -0.3 is 10.0 Å². The van der Waals surface area contributed by atoms with Crippen LogP contribution >= 0.6 is 11.6 Å². The maximum atomic E-state index is 12.1. The molecule has 1 rings (SSSR count). The van der Waals surface area contributed by atoms with Crippen LogP contribution < -0.4 is 0 Å². The summed E-state index contributed by atoms with van der Waals surface area (Å²) >= 11 is 5.79. The maximum absolute atomic E-state index is 12.1. The lowest BCUT2D eigenvalue weighted by atomic mass is 9.95. The Bertz CT molecular complexity index is 458. The van der Waals surface area contributed by atoms with Gasteiger partial charge in [-0.3, -0.25) is 9.59 Å². The molecular weight excluding hydrogens is 266 g/mol. The molecule has 0 bridgehead atoms. The number of aliphatic carboxylic acids is 1. The number of carboxylic acids is 1. The minimum absolute atomic E-state index is 0.176. The van der Waals surface area contributed by atoms with Crippen molar-refractivity contribution in [2.24, 2.45) is 11.8 Å². The predicted molar refractivity (Wildman–Crippen MR) is 73.9 cm³/mol. The molecule has 0 fully saturated rings. The first-order chi connectivity index (χ1) is 8.82. The fraction of sp³-hybridized carbons (Fsp3) is 0.429. The third-order valence-corrected chi connectivity index (χ3v) is 3.49. The van der Waals surface area contributed by atoms with Crippen LogP contribution in [0.25, 0.3) is 0 Å². The predicted octanol–water partition coefficient (Wildman–Crippen LogP) is 2.66. The number of halogens is 1. The molecule has 2 atom stereocenters. The Kier molecular flexibility index (Phi) is 5.36. The Hall–Kier alpha value is -1.55. The lowest BCUT2D eigenvalue weighted by Gasteiger charge is -2.23. The first kappa shape index (κ1) is 15.5. The van der Waals surface area contributed by atoms with Crippen molar-refractivity contribution in [3.8, 4) is 0 Å². The van der Waals surface area contributed by atoms with Crippen LogP contribution in [-0.2, 0) is 16.1 Å². The summed E-state index contributed by atoms with van der Waals surface area (Å²) in [6.45, 7) is 3.62. The van der Waals surface area contributed by atoms with Crippen LogP contribution in [0.1, 0.15) is 19.4 Å². The van der Waals surface area contributed by atoms with Gasteiger partial charge in [0.25, 0.3) is 0 Å². The first-order valence-electron chi connectivity index (χ1n) is 6.05. The van der Waals surface area contributed by atoms with Gasteiger partial charge in [-0.1, -0.05) is 37.6 Å². The summed E-state index contributed by atoms with van der Waals surface area (Å²) < 4.78 is 0. The van der Waals surface area contributed by atoms with Gasteiger partial charge in [0, 0.05) is 24.5 Å². The molecular formula is C14H18ClNO3. The summed E-state index contributed by atoms with van der Waals surface area (Å²) in [4.78, 5) is 24.5. The molecule has 1 aromatic rings. The molecule has 0 aliphatic rings.